The predicted molar refractivity (Wildman–Crippen MR) is 78.0 cm³/mol. The number of rotatable bonds is 4. The lowest BCUT2D eigenvalue weighted by Gasteiger charge is -2.01. The number of anilines is 3. The molecule has 0 unspecified atom stereocenters. The first kappa shape index (κ1) is 14.0. The number of nitrogen functional groups attached to an aromatic ring is 2. The Kier molecular flexibility index (Phi) is 3.79. The lowest BCUT2D eigenvalue weighted by Crippen LogP contribution is -2.19. The Bertz CT molecular complexity index is 751. The number of benzene rings is 1. The van der Waals surface area contributed by atoms with Crippen LogP contribution in [0.15, 0.2) is 34.2 Å². The van der Waals surface area contributed by atoms with Gasteiger partial charge < -0.3 is 11.5 Å². The van der Waals surface area contributed by atoms with Crippen molar-refractivity contribution in [3.8, 4) is 0 Å². The number of aromatic amines is 1. The fourth-order valence-corrected chi connectivity index (χ4v) is 1.47. The maximum atomic E-state index is 11.6. The first-order valence-electron chi connectivity index (χ1n) is 5.66. The third-order valence-electron chi connectivity index (χ3n) is 2.47. The maximum absolute atomic E-state index is 11.6. The molecule has 10 heteroatoms. The van der Waals surface area contributed by atoms with Gasteiger partial charge in [0, 0.05) is 12.1 Å². The molecule has 0 aliphatic rings. The summed E-state index contributed by atoms with van der Waals surface area (Å²) in [6, 6.07) is 5.60. The normalized spacial score (nSPS) is 10.7. The van der Waals surface area contributed by atoms with Crippen LogP contribution in [0.3, 0.4) is 0 Å². The van der Waals surface area contributed by atoms with Crippen LogP contribution < -0.4 is 22.5 Å². The molecule has 1 aromatic carbocycles. The predicted octanol–water partition coefficient (Wildman–Crippen LogP) is 0.288. The number of non-ortho nitro benzene ring substituents is 1. The molecular weight excluding hydrogens is 278 g/mol. The van der Waals surface area contributed by atoms with Gasteiger partial charge >= 0.3 is 0 Å². The zero-order valence-electron chi connectivity index (χ0n) is 10.6. The van der Waals surface area contributed by atoms with Gasteiger partial charge in [0.25, 0.3) is 11.2 Å². The SMILES string of the molecule is Nc1nc(N)c(/C=N\Nc2ccc([N+](=O)[O-])cc2)c(=O)[nH]1. The topological polar surface area (TPSA) is 165 Å². The number of nitrogens with one attached hydrogen (secondary N) is 2. The first-order valence-corrected chi connectivity index (χ1v) is 5.66. The Morgan fingerprint density at radius 3 is 2.57 bits per heavy atom. The van der Waals surface area contributed by atoms with Crippen LogP contribution in [0, 0.1) is 10.1 Å². The Morgan fingerprint density at radius 1 is 1.33 bits per heavy atom. The number of hydrogen-bond acceptors (Lipinski definition) is 8. The Balaban J connectivity index is 2.13. The van der Waals surface area contributed by atoms with Crippen LogP contribution in [0.4, 0.5) is 23.1 Å². The summed E-state index contributed by atoms with van der Waals surface area (Å²) >= 11 is 0. The summed E-state index contributed by atoms with van der Waals surface area (Å²) in [6.45, 7) is 0. The highest BCUT2D eigenvalue weighted by atomic mass is 16.6. The molecule has 0 aliphatic carbocycles. The molecule has 21 heavy (non-hydrogen) atoms. The van der Waals surface area contributed by atoms with Crippen LogP contribution >= 0.6 is 0 Å². The minimum absolute atomic E-state index is 0.0343. The van der Waals surface area contributed by atoms with E-state index in [2.05, 4.69) is 20.5 Å². The van der Waals surface area contributed by atoms with E-state index in [9.17, 15) is 14.9 Å². The standard InChI is InChI=1S/C11H11N7O3/c12-9-8(10(19)16-11(13)15-9)5-14-17-6-1-3-7(4-2-6)18(20)21/h1-5,17H,(H5,12,13,15,16,19)/b14-5-. The van der Waals surface area contributed by atoms with Gasteiger partial charge in [0.05, 0.1) is 16.8 Å². The lowest BCUT2D eigenvalue weighted by molar-refractivity contribution is -0.384. The van der Waals surface area contributed by atoms with Crippen LogP contribution in [0.5, 0.6) is 0 Å². The van der Waals surface area contributed by atoms with E-state index in [1.807, 2.05) is 0 Å². The van der Waals surface area contributed by atoms with Crippen molar-refractivity contribution in [2.75, 3.05) is 16.9 Å². The molecule has 0 aliphatic heterocycles. The average Bonchev–Trinajstić information content (AvgIpc) is 2.42. The molecule has 2 aromatic rings. The van der Waals surface area contributed by atoms with Crippen molar-refractivity contribution in [2.45, 2.75) is 0 Å². The molecule has 6 N–H and O–H groups in total. The van der Waals surface area contributed by atoms with Crippen molar-refractivity contribution >= 4 is 29.4 Å². The summed E-state index contributed by atoms with van der Waals surface area (Å²) in [5.41, 5.74) is 13.5. The van der Waals surface area contributed by atoms with Crippen molar-refractivity contribution in [3.63, 3.8) is 0 Å². The van der Waals surface area contributed by atoms with Crippen molar-refractivity contribution < 1.29 is 4.92 Å². The van der Waals surface area contributed by atoms with Gasteiger partial charge in [-0.3, -0.25) is 25.3 Å². The molecular formula is C11H11N7O3. The number of nitrogens with zero attached hydrogens (tertiary/aromatic N) is 3. The summed E-state index contributed by atoms with van der Waals surface area (Å²) in [6.07, 6.45) is 1.18. The van der Waals surface area contributed by atoms with Gasteiger partial charge in [-0.1, -0.05) is 0 Å². The molecule has 0 spiro atoms. The van der Waals surface area contributed by atoms with Crippen LogP contribution in [0.2, 0.25) is 0 Å². The van der Waals surface area contributed by atoms with Gasteiger partial charge in [-0.05, 0) is 12.1 Å². The van der Waals surface area contributed by atoms with E-state index in [4.69, 9.17) is 11.5 Å². The summed E-state index contributed by atoms with van der Waals surface area (Å²) < 4.78 is 0. The summed E-state index contributed by atoms with van der Waals surface area (Å²) in [7, 11) is 0. The first-order chi connectivity index (χ1) is 9.97. The van der Waals surface area contributed by atoms with Crippen molar-refractivity contribution in [3.05, 3.63) is 50.3 Å². The number of nitrogens with two attached hydrogens (primary N) is 2. The van der Waals surface area contributed by atoms with E-state index in [1.165, 1.54) is 30.5 Å². The lowest BCUT2D eigenvalue weighted by atomic mass is 10.3. The smallest absolute Gasteiger partial charge is 0.269 e. The number of aromatic nitrogens is 2. The van der Waals surface area contributed by atoms with Gasteiger partial charge in [-0.25, -0.2) is 0 Å². The Hall–Kier alpha value is -3.43. The molecule has 108 valence electrons. The van der Waals surface area contributed by atoms with Crippen molar-refractivity contribution in [2.24, 2.45) is 5.10 Å². The molecule has 1 aromatic heterocycles. The van der Waals surface area contributed by atoms with Gasteiger partial charge in [0.1, 0.15) is 11.4 Å². The highest BCUT2D eigenvalue weighted by Crippen LogP contribution is 2.15. The number of nitro groups is 1. The molecule has 1 heterocycles. The maximum Gasteiger partial charge on any atom is 0.269 e. The second kappa shape index (κ2) is 5.69. The number of nitro benzene ring substituents is 1. The second-order valence-electron chi connectivity index (χ2n) is 3.92. The van der Waals surface area contributed by atoms with E-state index in [0.717, 1.165) is 0 Å². The minimum Gasteiger partial charge on any atom is -0.383 e. The van der Waals surface area contributed by atoms with Crippen molar-refractivity contribution in [1.29, 1.82) is 0 Å². The van der Waals surface area contributed by atoms with Crippen molar-refractivity contribution in [1.82, 2.24) is 9.97 Å². The van der Waals surface area contributed by atoms with Gasteiger partial charge in [-0.15, -0.1) is 0 Å². The highest BCUT2D eigenvalue weighted by Gasteiger charge is 2.05. The molecule has 0 atom stereocenters. The van der Waals surface area contributed by atoms with E-state index in [-0.39, 0.29) is 23.0 Å². The van der Waals surface area contributed by atoms with Crippen LogP contribution in [0.1, 0.15) is 5.56 Å². The Labute approximate surface area is 117 Å². The molecule has 2 rings (SSSR count). The molecule has 0 fully saturated rings. The zero-order chi connectivity index (χ0) is 15.4. The molecule has 0 radical (unpaired) electrons. The van der Waals surface area contributed by atoms with Gasteiger partial charge in [-0.2, -0.15) is 10.1 Å². The third-order valence-corrected chi connectivity index (χ3v) is 2.47. The quantitative estimate of drug-likeness (QED) is 0.356. The molecule has 0 bridgehead atoms. The van der Waals surface area contributed by atoms with E-state index in [1.54, 1.807) is 0 Å². The number of hydrazone groups is 1. The fraction of sp³-hybridized carbons (Fsp3) is 0. The molecule has 0 saturated heterocycles. The van der Waals surface area contributed by atoms with E-state index >= 15 is 0 Å². The van der Waals surface area contributed by atoms with Crippen LogP contribution in [-0.4, -0.2) is 21.1 Å². The fourth-order valence-electron chi connectivity index (χ4n) is 1.47. The number of H-pyrrole nitrogens is 1. The largest absolute Gasteiger partial charge is 0.383 e. The second-order valence-corrected chi connectivity index (χ2v) is 3.92. The Morgan fingerprint density at radius 2 is 2.00 bits per heavy atom. The summed E-state index contributed by atoms with van der Waals surface area (Å²) in [4.78, 5) is 27.5. The summed E-state index contributed by atoms with van der Waals surface area (Å²) in [5, 5.41) is 14.3. The van der Waals surface area contributed by atoms with Crippen LogP contribution in [-0.2, 0) is 0 Å². The van der Waals surface area contributed by atoms with E-state index in [0.29, 0.717) is 5.69 Å². The monoisotopic (exact) mass is 289 g/mol. The molecule has 10 nitrogen and oxygen atoms in total. The number of hydrogen-bond donors (Lipinski definition) is 4. The van der Waals surface area contributed by atoms with Crippen LogP contribution in [0.25, 0.3) is 0 Å². The molecule has 0 saturated carbocycles. The zero-order valence-corrected chi connectivity index (χ0v) is 10.6. The van der Waals surface area contributed by atoms with Gasteiger partial charge in [0.2, 0.25) is 5.95 Å². The van der Waals surface area contributed by atoms with Gasteiger partial charge in [0.15, 0.2) is 0 Å². The third kappa shape index (κ3) is 3.32. The van der Waals surface area contributed by atoms with E-state index < -0.39 is 10.5 Å². The molecule has 0 amide bonds. The average molecular weight is 289 g/mol. The highest BCUT2D eigenvalue weighted by molar-refractivity contribution is 5.85. The summed E-state index contributed by atoms with van der Waals surface area (Å²) in [5.74, 6) is -0.136. The minimum atomic E-state index is -0.519.